The van der Waals surface area contributed by atoms with Gasteiger partial charge in [0, 0.05) is 6.54 Å². The average Bonchev–Trinajstić information content (AvgIpc) is 2.02. The minimum absolute atomic E-state index is 0.220. The van der Waals surface area contributed by atoms with Crippen LogP contribution in [0.15, 0.2) is 0 Å². The third-order valence-electron chi connectivity index (χ3n) is 3.09. The summed E-state index contributed by atoms with van der Waals surface area (Å²) in [5.41, 5.74) is 6.28. The van der Waals surface area contributed by atoms with Crippen molar-refractivity contribution in [3.63, 3.8) is 0 Å². The van der Waals surface area contributed by atoms with E-state index in [1.807, 2.05) is 0 Å². The van der Waals surface area contributed by atoms with Crippen LogP contribution in [0.25, 0.3) is 0 Å². The zero-order chi connectivity index (χ0) is 11.4. The van der Waals surface area contributed by atoms with Gasteiger partial charge < -0.3 is 11.1 Å². The van der Waals surface area contributed by atoms with Gasteiger partial charge in [-0.1, -0.05) is 41.5 Å². The van der Waals surface area contributed by atoms with Crippen LogP contribution in [0.1, 0.15) is 41.5 Å². The van der Waals surface area contributed by atoms with Gasteiger partial charge in [-0.15, -0.1) is 0 Å². The summed E-state index contributed by atoms with van der Waals surface area (Å²) in [6.07, 6.45) is 0. The topological polar surface area (TPSA) is 38.0 Å². The van der Waals surface area contributed by atoms with Gasteiger partial charge in [-0.25, -0.2) is 0 Å². The van der Waals surface area contributed by atoms with Gasteiger partial charge in [0.1, 0.15) is 0 Å². The van der Waals surface area contributed by atoms with Crippen LogP contribution in [0, 0.1) is 16.7 Å². The molecular weight excluding hydrogens is 172 g/mol. The molecule has 3 N–H and O–H groups in total. The lowest BCUT2D eigenvalue weighted by Crippen LogP contribution is -2.39. The molecule has 0 radical (unpaired) electrons. The monoisotopic (exact) mass is 200 g/mol. The largest absolute Gasteiger partial charge is 0.330 e. The SMILES string of the molecule is CC(CNCC(C)(C)CN)C(C)(C)C. The third-order valence-corrected chi connectivity index (χ3v) is 3.09. The van der Waals surface area contributed by atoms with Gasteiger partial charge in [0.05, 0.1) is 0 Å². The summed E-state index contributed by atoms with van der Waals surface area (Å²) in [4.78, 5) is 0. The van der Waals surface area contributed by atoms with Crippen molar-refractivity contribution < 1.29 is 0 Å². The minimum atomic E-state index is 0.220. The van der Waals surface area contributed by atoms with E-state index in [0.717, 1.165) is 19.6 Å². The van der Waals surface area contributed by atoms with E-state index in [9.17, 15) is 0 Å². The first-order valence-corrected chi connectivity index (χ1v) is 5.60. The predicted molar refractivity (Wildman–Crippen MR) is 64.3 cm³/mol. The molecule has 0 aromatic rings. The van der Waals surface area contributed by atoms with Crippen LogP contribution >= 0.6 is 0 Å². The second kappa shape index (κ2) is 5.13. The van der Waals surface area contributed by atoms with E-state index >= 15 is 0 Å². The molecule has 0 heterocycles. The van der Waals surface area contributed by atoms with Gasteiger partial charge >= 0.3 is 0 Å². The first-order valence-electron chi connectivity index (χ1n) is 5.60. The Morgan fingerprint density at radius 2 is 1.64 bits per heavy atom. The summed E-state index contributed by atoms with van der Waals surface area (Å²) in [5, 5.41) is 3.50. The van der Waals surface area contributed by atoms with Crippen molar-refractivity contribution in [1.29, 1.82) is 0 Å². The predicted octanol–water partition coefficient (Wildman–Crippen LogP) is 2.24. The summed E-state index contributed by atoms with van der Waals surface area (Å²) in [7, 11) is 0. The van der Waals surface area contributed by atoms with E-state index in [2.05, 4.69) is 46.9 Å². The molecule has 0 saturated heterocycles. The van der Waals surface area contributed by atoms with E-state index in [0.29, 0.717) is 11.3 Å². The summed E-state index contributed by atoms with van der Waals surface area (Å²) in [5.74, 6) is 0.691. The molecule has 1 unspecified atom stereocenters. The molecule has 2 nitrogen and oxygen atoms in total. The van der Waals surface area contributed by atoms with Gasteiger partial charge in [0.2, 0.25) is 0 Å². The highest BCUT2D eigenvalue weighted by Crippen LogP contribution is 2.24. The molecule has 86 valence electrons. The summed E-state index contributed by atoms with van der Waals surface area (Å²) in [6.45, 7) is 16.4. The molecule has 0 spiro atoms. The molecule has 0 aliphatic rings. The molecule has 0 amide bonds. The van der Waals surface area contributed by atoms with Crippen molar-refractivity contribution in [2.45, 2.75) is 41.5 Å². The standard InChI is InChI=1S/C12H28N2/c1-10(11(2,3)4)7-14-9-12(5,6)8-13/h10,14H,7-9,13H2,1-6H3. The van der Waals surface area contributed by atoms with Crippen molar-refractivity contribution in [2.24, 2.45) is 22.5 Å². The zero-order valence-electron chi connectivity index (χ0n) is 10.8. The first-order chi connectivity index (χ1) is 6.19. The lowest BCUT2D eigenvalue weighted by molar-refractivity contribution is 0.239. The Morgan fingerprint density at radius 1 is 1.14 bits per heavy atom. The van der Waals surface area contributed by atoms with Gasteiger partial charge in [0.15, 0.2) is 0 Å². The van der Waals surface area contributed by atoms with E-state index in [1.54, 1.807) is 0 Å². The molecule has 14 heavy (non-hydrogen) atoms. The lowest BCUT2D eigenvalue weighted by atomic mass is 9.82. The van der Waals surface area contributed by atoms with E-state index in [1.165, 1.54) is 0 Å². The molecule has 0 aromatic heterocycles. The van der Waals surface area contributed by atoms with E-state index in [4.69, 9.17) is 5.73 Å². The summed E-state index contributed by atoms with van der Waals surface area (Å²) >= 11 is 0. The Balaban J connectivity index is 3.75. The maximum absolute atomic E-state index is 5.67. The highest BCUT2D eigenvalue weighted by molar-refractivity contribution is 4.76. The first kappa shape index (κ1) is 13.9. The van der Waals surface area contributed by atoms with Gasteiger partial charge in [-0.2, -0.15) is 0 Å². The van der Waals surface area contributed by atoms with Crippen molar-refractivity contribution >= 4 is 0 Å². The van der Waals surface area contributed by atoms with E-state index < -0.39 is 0 Å². The smallest absolute Gasteiger partial charge is 0.00147 e. The highest BCUT2D eigenvalue weighted by atomic mass is 14.9. The zero-order valence-corrected chi connectivity index (χ0v) is 10.8. The van der Waals surface area contributed by atoms with Gasteiger partial charge in [0.25, 0.3) is 0 Å². The fraction of sp³-hybridized carbons (Fsp3) is 1.00. The van der Waals surface area contributed by atoms with Crippen LogP contribution in [-0.4, -0.2) is 19.6 Å². The molecule has 0 saturated carbocycles. The van der Waals surface area contributed by atoms with Crippen LogP contribution in [0.4, 0.5) is 0 Å². The number of nitrogens with two attached hydrogens (primary N) is 1. The average molecular weight is 200 g/mol. The molecule has 0 rings (SSSR count). The third kappa shape index (κ3) is 5.61. The molecule has 0 aliphatic heterocycles. The fourth-order valence-corrected chi connectivity index (χ4v) is 1.01. The normalized spacial score (nSPS) is 15.6. The Morgan fingerprint density at radius 3 is 2.00 bits per heavy atom. The van der Waals surface area contributed by atoms with Crippen LogP contribution in [0.5, 0.6) is 0 Å². The lowest BCUT2D eigenvalue weighted by Gasteiger charge is -2.30. The molecule has 0 bridgehead atoms. The Hall–Kier alpha value is -0.0800. The second-order valence-electron chi connectivity index (χ2n) is 6.27. The van der Waals surface area contributed by atoms with Crippen LogP contribution < -0.4 is 11.1 Å². The van der Waals surface area contributed by atoms with Crippen LogP contribution in [-0.2, 0) is 0 Å². The maximum Gasteiger partial charge on any atom is 0.00147 e. The molecule has 0 aromatic carbocycles. The number of hydrogen-bond acceptors (Lipinski definition) is 2. The Kier molecular flexibility index (Phi) is 5.10. The molecule has 0 fully saturated rings. The molecule has 0 aliphatic carbocycles. The molecular formula is C12H28N2. The quantitative estimate of drug-likeness (QED) is 0.714. The number of nitrogens with one attached hydrogen (secondary N) is 1. The number of rotatable bonds is 5. The van der Waals surface area contributed by atoms with Crippen molar-refractivity contribution in [1.82, 2.24) is 5.32 Å². The fourth-order valence-electron chi connectivity index (χ4n) is 1.01. The maximum atomic E-state index is 5.67. The minimum Gasteiger partial charge on any atom is -0.330 e. The molecule has 2 heteroatoms. The Bertz CT molecular complexity index is 156. The number of hydrogen-bond donors (Lipinski definition) is 2. The van der Waals surface area contributed by atoms with Gasteiger partial charge in [-0.3, -0.25) is 0 Å². The van der Waals surface area contributed by atoms with Crippen molar-refractivity contribution in [3.05, 3.63) is 0 Å². The summed E-state index contributed by atoms with van der Waals surface area (Å²) < 4.78 is 0. The van der Waals surface area contributed by atoms with Crippen LogP contribution in [0.2, 0.25) is 0 Å². The summed E-state index contributed by atoms with van der Waals surface area (Å²) in [6, 6.07) is 0. The van der Waals surface area contributed by atoms with Crippen molar-refractivity contribution in [3.8, 4) is 0 Å². The Labute approximate surface area is 89.6 Å². The molecule has 1 atom stereocenters. The highest BCUT2D eigenvalue weighted by Gasteiger charge is 2.21. The second-order valence-corrected chi connectivity index (χ2v) is 6.27. The van der Waals surface area contributed by atoms with Crippen molar-refractivity contribution in [2.75, 3.05) is 19.6 Å². The van der Waals surface area contributed by atoms with E-state index in [-0.39, 0.29) is 5.41 Å². The van der Waals surface area contributed by atoms with Crippen LogP contribution in [0.3, 0.4) is 0 Å². The van der Waals surface area contributed by atoms with Gasteiger partial charge in [-0.05, 0) is 29.8 Å².